The molecule has 0 aliphatic carbocycles. The van der Waals surface area contributed by atoms with E-state index < -0.39 is 6.10 Å². The normalized spacial score (nSPS) is 12.8. The van der Waals surface area contributed by atoms with Crippen molar-refractivity contribution in [3.05, 3.63) is 89.5 Å². The van der Waals surface area contributed by atoms with Gasteiger partial charge in [0.05, 0.1) is 20.3 Å². The maximum absolute atomic E-state index is 10.8. The van der Waals surface area contributed by atoms with Gasteiger partial charge in [-0.2, -0.15) is 0 Å². The molecule has 0 aliphatic heterocycles. The lowest BCUT2D eigenvalue weighted by Crippen LogP contribution is -2.36. The number of hydrogen-bond acceptors (Lipinski definition) is 6. The van der Waals surface area contributed by atoms with Crippen molar-refractivity contribution in [3.8, 4) is 17.2 Å². The molecule has 0 fully saturated rings. The Balaban J connectivity index is 1.60. The second-order valence-corrected chi connectivity index (χ2v) is 7.35. The SMILES string of the molecule is COc1ccc(CC(NCC(O)c2ccccc2OCc2ccccc2)OC)cc1OC. The van der Waals surface area contributed by atoms with Crippen LogP contribution in [0.3, 0.4) is 0 Å². The first kappa shape index (κ1) is 23.6. The molecule has 0 radical (unpaired) electrons. The van der Waals surface area contributed by atoms with Crippen molar-refractivity contribution in [2.75, 3.05) is 27.9 Å². The standard InChI is InChI=1S/C26H31NO5/c1-29-24-14-13-20(15-25(24)30-2)16-26(31-3)27-17-22(28)21-11-7-8-12-23(21)32-18-19-9-5-4-6-10-19/h4-15,22,26-28H,16-18H2,1-3H3. The summed E-state index contributed by atoms with van der Waals surface area (Å²) in [4.78, 5) is 0. The molecule has 0 aliphatic rings. The van der Waals surface area contributed by atoms with E-state index in [-0.39, 0.29) is 6.23 Å². The van der Waals surface area contributed by atoms with Gasteiger partial charge in [0.15, 0.2) is 11.5 Å². The van der Waals surface area contributed by atoms with E-state index >= 15 is 0 Å². The summed E-state index contributed by atoms with van der Waals surface area (Å²) in [7, 11) is 4.86. The maximum Gasteiger partial charge on any atom is 0.160 e. The Hall–Kier alpha value is -3.06. The van der Waals surface area contributed by atoms with E-state index in [1.165, 1.54) is 0 Å². The van der Waals surface area contributed by atoms with Gasteiger partial charge in [0.25, 0.3) is 0 Å². The van der Waals surface area contributed by atoms with E-state index in [2.05, 4.69) is 5.32 Å². The molecule has 170 valence electrons. The Morgan fingerprint density at radius 2 is 1.50 bits per heavy atom. The van der Waals surface area contributed by atoms with E-state index in [1.54, 1.807) is 21.3 Å². The number of rotatable bonds is 12. The van der Waals surface area contributed by atoms with E-state index in [0.717, 1.165) is 16.7 Å². The zero-order chi connectivity index (χ0) is 22.8. The molecule has 0 aromatic heterocycles. The van der Waals surface area contributed by atoms with Crippen molar-refractivity contribution < 1.29 is 24.1 Å². The van der Waals surface area contributed by atoms with Crippen LogP contribution in [0.1, 0.15) is 22.8 Å². The lowest BCUT2D eigenvalue weighted by molar-refractivity contribution is 0.0571. The first-order chi connectivity index (χ1) is 15.6. The van der Waals surface area contributed by atoms with Crippen LogP contribution in [0, 0.1) is 0 Å². The van der Waals surface area contributed by atoms with Crippen LogP contribution in [0.4, 0.5) is 0 Å². The summed E-state index contributed by atoms with van der Waals surface area (Å²) in [6, 6.07) is 23.3. The lowest BCUT2D eigenvalue weighted by atomic mass is 10.1. The van der Waals surface area contributed by atoms with Crippen molar-refractivity contribution in [2.24, 2.45) is 0 Å². The maximum atomic E-state index is 10.8. The second-order valence-electron chi connectivity index (χ2n) is 7.35. The van der Waals surface area contributed by atoms with Crippen molar-refractivity contribution in [3.63, 3.8) is 0 Å². The lowest BCUT2D eigenvalue weighted by Gasteiger charge is -2.21. The molecule has 3 aromatic carbocycles. The predicted octanol–water partition coefficient (Wildman–Crippen LogP) is 4.12. The third-order valence-corrected chi connectivity index (χ3v) is 5.21. The number of ether oxygens (including phenoxy) is 4. The third kappa shape index (κ3) is 6.47. The summed E-state index contributed by atoms with van der Waals surface area (Å²) in [6.45, 7) is 0.759. The molecular formula is C26H31NO5. The summed E-state index contributed by atoms with van der Waals surface area (Å²) in [5.41, 5.74) is 2.84. The van der Waals surface area contributed by atoms with Crippen LogP contribution in [-0.2, 0) is 17.8 Å². The Labute approximate surface area is 189 Å². The minimum absolute atomic E-state index is 0.278. The van der Waals surface area contributed by atoms with Crippen LogP contribution in [0.25, 0.3) is 0 Å². The van der Waals surface area contributed by atoms with E-state index in [0.29, 0.717) is 36.8 Å². The highest BCUT2D eigenvalue weighted by atomic mass is 16.5. The van der Waals surface area contributed by atoms with Gasteiger partial charge < -0.3 is 24.1 Å². The number of benzene rings is 3. The van der Waals surface area contributed by atoms with Gasteiger partial charge in [-0.25, -0.2) is 0 Å². The fraction of sp³-hybridized carbons (Fsp3) is 0.308. The molecule has 0 saturated carbocycles. The van der Waals surface area contributed by atoms with Crippen LogP contribution < -0.4 is 19.5 Å². The minimum Gasteiger partial charge on any atom is -0.493 e. The zero-order valence-corrected chi connectivity index (χ0v) is 18.8. The van der Waals surface area contributed by atoms with Crippen molar-refractivity contribution >= 4 is 0 Å². The largest absolute Gasteiger partial charge is 0.493 e. The highest BCUT2D eigenvalue weighted by molar-refractivity contribution is 5.43. The summed E-state index contributed by atoms with van der Waals surface area (Å²) in [5, 5.41) is 14.1. The molecule has 6 nitrogen and oxygen atoms in total. The molecule has 3 aromatic rings. The third-order valence-electron chi connectivity index (χ3n) is 5.21. The van der Waals surface area contributed by atoms with Gasteiger partial charge in [-0.3, -0.25) is 5.32 Å². The van der Waals surface area contributed by atoms with Gasteiger partial charge in [-0.1, -0.05) is 54.6 Å². The van der Waals surface area contributed by atoms with Gasteiger partial charge >= 0.3 is 0 Å². The molecule has 2 N–H and O–H groups in total. The summed E-state index contributed by atoms with van der Waals surface area (Å²) in [6.07, 6.45) is -0.416. The predicted molar refractivity (Wildman–Crippen MR) is 124 cm³/mol. The number of methoxy groups -OCH3 is 3. The molecular weight excluding hydrogens is 406 g/mol. The minimum atomic E-state index is -0.745. The Bertz CT molecular complexity index is 963. The highest BCUT2D eigenvalue weighted by Gasteiger charge is 2.17. The molecule has 0 spiro atoms. The number of nitrogens with one attached hydrogen (secondary N) is 1. The molecule has 3 rings (SSSR count). The number of hydrogen-bond donors (Lipinski definition) is 2. The monoisotopic (exact) mass is 437 g/mol. The summed E-state index contributed by atoms with van der Waals surface area (Å²) < 4.78 is 22.2. The Morgan fingerprint density at radius 1 is 0.781 bits per heavy atom. The number of aliphatic hydroxyl groups excluding tert-OH is 1. The quantitative estimate of drug-likeness (QED) is 0.416. The molecule has 6 heteroatoms. The summed E-state index contributed by atoms with van der Waals surface area (Å²) >= 11 is 0. The van der Waals surface area contributed by atoms with E-state index in [9.17, 15) is 5.11 Å². The van der Waals surface area contributed by atoms with Gasteiger partial charge in [0.2, 0.25) is 0 Å². The van der Waals surface area contributed by atoms with Crippen molar-refractivity contribution in [2.45, 2.75) is 25.4 Å². The van der Waals surface area contributed by atoms with Gasteiger partial charge in [-0.05, 0) is 29.3 Å². The topological polar surface area (TPSA) is 69.2 Å². The molecule has 0 amide bonds. The second kappa shape index (κ2) is 12.1. The molecule has 0 heterocycles. The van der Waals surface area contributed by atoms with Crippen LogP contribution in [0.5, 0.6) is 17.2 Å². The van der Waals surface area contributed by atoms with Crippen molar-refractivity contribution in [1.82, 2.24) is 5.32 Å². The Kier molecular flexibility index (Phi) is 8.92. The fourth-order valence-electron chi connectivity index (χ4n) is 3.44. The first-order valence-electron chi connectivity index (χ1n) is 10.6. The molecule has 32 heavy (non-hydrogen) atoms. The Morgan fingerprint density at radius 3 is 2.22 bits per heavy atom. The van der Waals surface area contributed by atoms with Crippen LogP contribution in [0.2, 0.25) is 0 Å². The van der Waals surface area contributed by atoms with Crippen LogP contribution in [0.15, 0.2) is 72.8 Å². The number of aliphatic hydroxyl groups is 1. The van der Waals surface area contributed by atoms with Gasteiger partial charge in [0, 0.05) is 25.6 Å². The molecule has 0 bridgehead atoms. The smallest absolute Gasteiger partial charge is 0.160 e. The average Bonchev–Trinajstić information content (AvgIpc) is 2.85. The molecule has 2 atom stereocenters. The van der Waals surface area contributed by atoms with Gasteiger partial charge in [0.1, 0.15) is 18.6 Å². The average molecular weight is 438 g/mol. The van der Waals surface area contributed by atoms with E-state index in [4.69, 9.17) is 18.9 Å². The van der Waals surface area contributed by atoms with Crippen LogP contribution >= 0.6 is 0 Å². The first-order valence-corrected chi connectivity index (χ1v) is 10.6. The van der Waals surface area contributed by atoms with Crippen LogP contribution in [-0.4, -0.2) is 39.2 Å². The molecule has 0 saturated heterocycles. The summed E-state index contributed by atoms with van der Waals surface area (Å²) in [5.74, 6) is 2.02. The fourth-order valence-corrected chi connectivity index (χ4v) is 3.44. The van der Waals surface area contributed by atoms with Crippen molar-refractivity contribution in [1.29, 1.82) is 0 Å². The van der Waals surface area contributed by atoms with Gasteiger partial charge in [-0.15, -0.1) is 0 Å². The number of para-hydroxylation sites is 1. The zero-order valence-electron chi connectivity index (χ0n) is 18.8. The molecule has 2 unspecified atom stereocenters. The van der Waals surface area contributed by atoms with E-state index in [1.807, 2.05) is 72.8 Å². The highest BCUT2D eigenvalue weighted by Crippen LogP contribution is 2.28.